The quantitative estimate of drug-likeness (QED) is 0.911. The lowest BCUT2D eigenvalue weighted by Crippen LogP contribution is -2.49. The van der Waals surface area contributed by atoms with E-state index in [9.17, 15) is 4.79 Å². The second-order valence-corrected chi connectivity index (χ2v) is 7.60. The molecule has 1 atom stereocenters. The summed E-state index contributed by atoms with van der Waals surface area (Å²) < 4.78 is 11.4. The molecule has 6 nitrogen and oxygen atoms in total. The van der Waals surface area contributed by atoms with Crippen molar-refractivity contribution in [2.45, 2.75) is 52.6 Å². The lowest BCUT2D eigenvalue weighted by molar-refractivity contribution is 0.0241. The molecule has 0 aromatic heterocycles. The van der Waals surface area contributed by atoms with Crippen LogP contribution in [0.5, 0.6) is 0 Å². The van der Waals surface area contributed by atoms with Gasteiger partial charge in [0.15, 0.2) is 0 Å². The van der Waals surface area contributed by atoms with E-state index in [0.717, 1.165) is 31.9 Å². The maximum atomic E-state index is 12.3. The average Bonchev–Trinajstić information content (AvgIpc) is 2.99. The molecule has 1 N–H and O–H groups in total. The second kappa shape index (κ2) is 7.22. The number of hydrogen-bond acceptors (Lipinski definition) is 5. The minimum atomic E-state index is -0.471. The second-order valence-electron chi connectivity index (χ2n) is 7.60. The molecule has 1 aromatic carbocycles. The van der Waals surface area contributed by atoms with Crippen molar-refractivity contribution >= 4 is 11.8 Å². The number of carbonyl (C=O) groups excluding carboxylic acids is 1. The maximum absolute atomic E-state index is 12.3. The number of likely N-dealkylation sites (N-methyl/N-ethyl adjacent to an activating group) is 1. The van der Waals surface area contributed by atoms with E-state index in [4.69, 9.17) is 9.47 Å². The van der Waals surface area contributed by atoms with Gasteiger partial charge in [-0.05, 0) is 51.0 Å². The smallest absolute Gasteiger partial charge is 0.410 e. The third kappa shape index (κ3) is 4.25. The lowest BCUT2D eigenvalue weighted by atomic mass is 10.1. The summed E-state index contributed by atoms with van der Waals surface area (Å²) >= 11 is 0. The zero-order valence-electron chi connectivity index (χ0n) is 15.7. The Balaban J connectivity index is 1.72. The number of anilines is 1. The van der Waals surface area contributed by atoms with Crippen molar-refractivity contribution in [1.29, 1.82) is 0 Å². The van der Waals surface area contributed by atoms with Crippen molar-refractivity contribution in [2.24, 2.45) is 0 Å². The molecule has 1 aromatic rings. The molecule has 0 radical (unpaired) electrons. The van der Waals surface area contributed by atoms with Crippen molar-refractivity contribution in [3.63, 3.8) is 0 Å². The first-order valence-corrected chi connectivity index (χ1v) is 9.06. The Labute approximate surface area is 150 Å². The molecular formula is C19H29N3O3. The minimum absolute atomic E-state index is 0.0557. The zero-order chi connectivity index (χ0) is 18.0. The zero-order valence-corrected chi connectivity index (χ0v) is 15.7. The molecule has 1 fully saturated rings. The van der Waals surface area contributed by atoms with E-state index in [1.165, 1.54) is 11.1 Å². The third-order valence-corrected chi connectivity index (χ3v) is 4.49. The molecule has 3 rings (SSSR count). The SMILES string of the molecule is CCN(c1ccc2c(c1)CN(C(=O)OC(C)(C)C)C2)C1CNCCO1. The monoisotopic (exact) mass is 347 g/mol. The molecule has 0 saturated carbocycles. The van der Waals surface area contributed by atoms with E-state index in [1.807, 2.05) is 20.8 Å². The molecule has 2 aliphatic rings. The van der Waals surface area contributed by atoms with E-state index in [1.54, 1.807) is 4.90 Å². The first kappa shape index (κ1) is 18.0. The highest BCUT2D eigenvalue weighted by Crippen LogP contribution is 2.29. The van der Waals surface area contributed by atoms with Gasteiger partial charge < -0.3 is 19.7 Å². The van der Waals surface area contributed by atoms with Crippen LogP contribution in [0.25, 0.3) is 0 Å². The summed E-state index contributed by atoms with van der Waals surface area (Å²) in [6.07, 6.45) is -0.197. The van der Waals surface area contributed by atoms with Gasteiger partial charge in [-0.2, -0.15) is 0 Å². The highest BCUT2D eigenvalue weighted by Gasteiger charge is 2.29. The van der Waals surface area contributed by atoms with Crippen LogP contribution in [0.2, 0.25) is 0 Å². The molecule has 1 saturated heterocycles. The minimum Gasteiger partial charge on any atom is -0.444 e. The first-order valence-electron chi connectivity index (χ1n) is 9.06. The summed E-state index contributed by atoms with van der Waals surface area (Å²) in [4.78, 5) is 16.3. The number of rotatable bonds is 3. The first-order chi connectivity index (χ1) is 11.9. The normalized spacial score (nSPS) is 20.3. The maximum Gasteiger partial charge on any atom is 0.410 e. The standard InChI is InChI=1S/C19H29N3O3/c1-5-22(17-11-20-8-9-24-17)16-7-6-14-12-21(13-15(14)10-16)18(23)25-19(2,3)4/h6-7,10,17,20H,5,8-9,11-13H2,1-4H3. The number of benzene rings is 1. The summed E-state index contributed by atoms with van der Waals surface area (Å²) in [5.41, 5.74) is 3.04. The number of fused-ring (bicyclic) bond motifs is 1. The third-order valence-electron chi connectivity index (χ3n) is 4.49. The van der Waals surface area contributed by atoms with Crippen LogP contribution < -0.4 is 10.2 Å². The Morgan fingerprint density at radius 3 is 2.76 bits per heavy atom. The van der Waals surface area contributed by atoms with Crippen molar-refractivity contribution in [1.82, 2.24) is 10.2 Å². The van der Waals surface area contributed by atoms with Crippen LogP contribution in [0.3, 0.4) is 0 Å². The van der Waals surface area contributed by atoms with Gasteiger partial charge in [-0.1, -0.05) is 6.07 Å². The molecule has 2 aliphatic heterocycles. The summed E-state index contributed by atoms with van der Waals surface area (Å²) in [5, 5.41) is 3.38. The Morgan fingerprint density at radius 1 is 1.36 bits per heavy atom. The molecule has 0 bridgehead atoms. The topological polar surface area (TPSA) is 54.0 Å². The summed E-state index contributed by atoms with van der Waals surface area (Å²) in [7, 11) is 0. The fraction of sp³-hybridized carbons (Fsp3) is 0.632. The van der Waals surface area contributed by atoms with Crippen LogP contribution in [-0.2, 0) is 22.6 Å². The Morgan fingerprint density at radius 2 is 2.12 bits per heavy atom. The number of amides is 1. The Hall–Kier alpha value is -1.79. The molecule has 6 heteroatoms. The average molecular weight is 347 g/mol. The van der Waals surface area contributed by atoms with Gasteiger partial charge in [0.1, 0.15) is 11.8 Å². The van der Waals surface area contributed by atoms with Gasteiger partial charge >= 0.3 is 6.09 Å². The van der Waals surface area contributed by atoms with Gasteiger partial charge in [-0.3, -0.25) is 4.90 Å². The number of carbonyl (C=O) groups is 1. The van der Waals surface area contributed by atoms with Crippen LogP contribution >= 0.6 is 0 Å². The van der Waals surface area contributed by atoms with Crippen molar-refractivity contribution in [3.05, 3.63) is 29.3 Å². The Bertz CT molecular complexity index is 621. The number of nitrogens with zero attached hydrogens (tertiary/aromatic N) is 2. The van der Waals surface area contributed by atoms with Gasteiger partial charge in [0.25, 0.3) is 0 Å². The summed E-state index contributed by atoms with van der Waals surface area (Å²) in [6, 6.07) is 6.42. The van der Waals surface area contributed by atoms with Crippen LogP contribution in [0.1, 0.15) is 38.8 Å². The molecule has 25 heavy (non-hydrogen) atoms. The van der Waals surface area contributed by atoms with Gasteiger partial charge in [-0.15, -0.1) is 0 Å². The highest BCUT2D eigenvalue weighted by molar-refractivity contribution is 5.69. The fourth-order valence-corrected chi connectivity index (χ4v) is 3.32. The predicted molar refractivity (Wildman–Crippen MR) is 97.6 cm³/mol. The fourth-order valence-electron chi connectivity index (χ4n) is 3.32. The molecular weight excluding hydrogens is 318 g/mol. The number of ether oxygens (including phenoxy) is 2. The highest BCUT2D eigenvalue weighted by atomic mass is 16.6. The van der Waals surface area contributed by atoms with Crippen LogP contribution in [-0.4, -0.2) is 49.1 Å². The molecule has 138 valence electrons. The molecule has 1 amide bonds. The van der Waals surface area contributed by atoms with Crippen LogP contribution in [0.15, 0.2) is 18.2 Å². The lowest BCUT2D eigenvalue weighted by Gasteiger charge is -2.35. The van der Waals surface area contributed by atoms with E-state index < -0.39 is 5.60 Å². The van der Waals surface area contributed by atoms with Crippen molar-refractivity contribution in [3.8, 4) is 0 Å². The van der Waals surface area contributed by atoms with Gasteiger partial charge in [0.2, 0.25) is 0 Å². The summed E-state index contributed by atoms with van der Waals surface area (Å²) in [6.45, 7) is 12.4. The van der Waals surface area contributed by atoms with E-state index in [0.29, 0.717) is 13.1 Å². The largest absolute Gasteiger partial charge is 0.444 e. The van der Waals surface area contributed by atoms with E-state index >= 15 is 0 Å². The van der Waals surface area contributed by atoms with Crippen LogP contribution in [0.4, 0.5) is 10.5 Å². The molecule has 2 heterocycles. The number of hydrogen-bond donors (Lipinski definition) is 1. The van der Waals surface area contributed by atoms with Crippen molar-refractivity contribution < 1.29 is 14.3 Å². The predicted octanol–water partition coefficient (Wildman–Crippen LogP) is 2.71. The number of nitrogens with one attached hydrogen (secondary N) is 1. The Kier molecular flexibility index (Phi) is 5.20. The van der Waals surface area contributed by atoms with E-state index in [-0.39, 0.29) is 12.3 Å². The van der Waals surface area contributed by atoms with Gasteiger partial charge in [-0.25, -0.2) is 4.79 Å². The molecule has 1 unspecified atom stereocenters. The molecule has 0 spiro atoms. The van der Waals surface area contributed by atoms with Crippen LogP contribution in [0, 0.1) is 0 Å². The van der Waals surface area contributed by atoms with Crippen molar-refractivity contribution in [2.75, 3.05) is 31.1 Å². The van der Waals surface area contributed by atoms with Gasteiger partial charge in [0.05, 0.1) is 6.61 Å². The van der Waals surface area contributed by atoms with E-state index in [2.05, 4.69) is 35.3 Å². The molecule has 0 aliphatic carbocycles. The van der Waals surface area contributed by atoms with Gasteiger partial charge in [0, 0.05) is 38.4 Å². The number of morpholine rings is 1. The summed E-state index contributed by atoms with van der Waals surface area (Å²) in [5.74, 6) is 0.